The second kappa shape index (κ2) is 12.3. The third-order valence-electron chi connectivity index (χ3n) is 4.30. The average molecular weight is 595 g/mol. The fraction of sp³-hybridized carbons (Fsp3) is 0. The predicted octanol–water partition coefficient (Wildman–Crippen LogP) is 7.01. The van der Waals surface area contributed by atoms with Crippen LogP contribution in [0.5, 0.6) is 0 Å². The second-order valence-electron chi connectivity index (χ2n) is 6.36. The van der Waals surface area contributed by atoms with E-state index >= 15 is 0 Å². The second-order valence-corrected chi connectivity index (χ2v) is 6.36. The molecule has 3 nitrogen and oxygen atoms in total. The van der Waals surface area contributed by atoms with Gasteiger partial charge in [-0.3, -0.25) is 4.98 Å². The van der Waals surface area contributed by atoms with Gasteiger partial charge in [0.15, 0.2) is 0 Å². The van der Waals surface area contributed by atoms with Gasteiger partial charge in [0, 0.05) is 44.1 Å². The molecule has 0 fully saturated rings. The van der Waals surface area contributed by atoms with Gasteiger partial charge in [-0.2, -0.15) is 36.4 Å². The SMILES string of the molecule is [2H]c1ccnc(-c2[c-]ccc3c2oc2ccccc23)c1[2H].[Ir].[c-]1ccccc1.c1ccncc1. The molecule has 6 rings (SSSR count). The number of hydrogen-bond acceptors (Lipinski definition) is 3. The number of furan rings is 1. The molecule has 3 aromatic carbocycles. The Morgan fingerprint density at radius 1 is 0.750 bits per heavy atom. The van der Waals surface area contributed by atoms with Crippen LogP contribution in [0.1, 0.15) is 2.74 Å². The maximum Gasteiger partial charge on any atom is 0.120 e. The normalized spacial score (nSPS) is 10.5. The van der Waals surface area contributed by atoms with Gasteiger partial charge >= 0.3 is 0 Å². The van der Waals surface area contributed by atoms with Gasteiger partial charge in [-0.25, -0.2) is 0 Å². The van der Waals surface area contributed by atoms with Gasteiger partial charge in [0.1, 0.15) is 5.58 Å². The van der Waals surface area contributed by atoms with E-state index in [2.05, 4.69) is 22.1 Å². The predicted molar refractivity (Wildman–Crippen MR) is 125 cm³/mol. The van der Waals surface area contributed by atoms with E-state index in [9.17, 15) is 0 Å². The van der Waals surface area contributed by atoms with E-state index in [1.54, 1.807) is 18.5 Å². The topological polar surface area (TPSA) is 38.9 Å². The minimum Gasteiger partial charge on any atom is -0.501 e. The molecule has 0 aliphatic rings. The van der Waals surface area contributed by atoms with Crippen LogP contribution in [-0.2, 0) is 20.1 Å². The molecule has 0 amide bonds. The Morgan fingerprint density at radius 2 is 1.53 bits per heavy atom. The van der Waals surface area contributed by atoms with Gasteiger partial charge in [0.05, 0.1) is 8.32 Å². The van der Waals surface area contributed by atoms with Crippen LogP contribution in [0.3, 0.4) is 0 Å². The molecule has 3 heterocycles. The first-order valence-electron chi connectivity index (χ1n) is 10.8. The van der Waals surface area contributed by atoms with Crippen molar-refractivity contribution in [3.05, 3.63) is 134 Å². The van der Waals surface area contributed by atoms with Gasteiger partial charge in [0.2, 0.25) is 0 Å². The fourth-order valence-electron chi connectivity index (χ4n) is 2.94. The van der Waals surface area contributed by atoms with E-state index in [1.807, 2.05) is 78.9 Å². The van der Waals surface area contributed by atoms with Crippen molar-refractivity contribution in [2.75, 3.05) is 0 Å². The van der Waals surface area contributed by atoms with Crippen LogP contribution in [0.4, 0.5) is 0 Å². The number of pyridine rings is 2. The summed E-state index contributed by atoms with van der Waals surface area (Å²) in [7, 11) is 0. The Morgan fingerprint density at radius 3 is 2.19 bits per heavy atom. The standard InChI is InChI=1S/C17H10NO.C6H5.C5H5N.Ir/c1-2-10-16-12(6-1)13-7-5-8-14(17(13)19-16)15-9-3-4-11-18-15;2*1-2-4-6-5-3-1;/h1-7,9-11H;2*1-5H;/q2*-1;;/i3D,9D;;;. The first kappa shape index (κ1) is 20.3. The summed E-state index contributed by atoms with van der Waals surface area (Å²) < 4.78 is 21.7. The Bertz CT molecular complexity index is 1360. The number of aromatic nitrogens is 2. The Labute approximate surface area is 203 Å². The summed E-state index contributed by atoms with van der Waals surface area (Å²) in [6, 6.07) is 34.6. The summed E-state index contributed by atoms with van der Waals surface area (Å²) in [5, 5.41) is 1.99. The van der Waals surface area contributed by atoms with Gasteiger partial charge in [0.25, 0.3) is 0 Å². The molecule has 0 atom stereocenters. The molecule has 32 heavy (non-hydrogen) atoms. The van der Waals surface area contributed by atoms with Crippen molar-refractivity contribution in [3.8, 4) is 11.3 Å². The molecule has 1 radical (unpaired) electrons. The summed E-state index contributed by atoms with van der Waals surface area (Å²) in [4.78, 5) is 8.02. The number of para-hydroxylation sites is 1. The smallest absolute Gasteiger partial charge is 0.120 e. The molecule has 6 aromatic rings. The number of fused-ring (bicyclic) bond motifs is 3. The number of benzene rings is 3. The molecule has 0 saturated heterocycles. The van der Waals surface area contributed by atoms with Crippen LogP contribution >= 0.6 is 0 Å². The van der Waals surface area contributed by atoms with Crippen molar-refractivity contribution >= 4 is 21.9 Å². The monoisotopic (exact) mass is 595 g/mol. The largest absolute Gasteiger partial charge is 0.501 e. The van der Waals surface area contributed by atoms with E-state index in [4.69, 9.17) is 7.16 Å². The minimum atomic E-state index is 0. The zero-order valence-corrected chi connectivity index (χ0v) is 19.4. The van der Waals surface area contributed by atoms with E-state index in [0.717, 1.165) is 16.4 Å². The summed E-state index contributed by atoms with van der Waals surface area (Å²) in [5.41, 5.74) is 2.50. The average Bonchev–Trinajstić information content (AvgIpc) is 3.28. The summed E-state index contributed by atoms with van der Waals surface area (Å²) in [6.45, 7) is 0. The van der Waals surface area contributed by atoms with Crippen molar-refractivity contribution in [2.24, 2.45) is 0 Å². The summed E-state index contributed by atoms with van der Waals surface area (Å²) in [6.07, 6.45) is 5.03. The minimum absolute atomic E-state index is 0. The molecule has 0 bridgehead atoms. The molecule has 0 N–H and O–H groups in total. The van der Waals surface area contributed by atoms with E-state index in [0.29, 0.717) is 16.8 Å². The number of hydrogen-bond donors (Lipinski definition) is 0. The van der Waals surface area contributed by atoms with E-state index < -0.39 is 0 Å². The quantitative estimate of drug-likeness (QED) is 0.192. The van der Waals surface area contributed by atoms with Gasteiger partial charge in [-0.1, -0.05) is 47.3 Å². The van der Waals surface area contributed by atoms with E-state index in [1.165, 1.54) is 12.3 Å². The number of rotatable bonds is 1. The first-order chi connectivity index (χ1) is 16.3. The van der Waals surface area contributed by atoms with E-state index in [-0.39, 0.29) is 32.2 Å². The maximum atomic E-state index is 8.03. The van der Waals surface area contributed by atoms with Crippen molar-refractivity contribution in [2.45, 2.75) is 0 Å². The Balaban J connectivity index is 0.000000205. The molecule has 0 unspecified atom stereocenters. The number of nitrogens with zero attached hydrogens (tertiary/aromatic N) is 2. The first-order valence-corrected chi connectivity index (χ1v) is 9.76. The van der Waals surface area contributed by atoms with Crippen LogP contribution in [0.2, 0.25) is 0 Å². The third kappa shape index (κ3) is 5.98. The summed E-state index contributed by atoms with van der Waals surface area (Å²) >= 11 is 0. The van der Waals surface area contributed by atoms with Crippen molar-refractivity contribution in [3.63, 3.8) is 0 Å². The Kier molecular flexibility index (Phi) is 7.82. The summed E-state index contributed by atoms with van der Waals surface area (Å²) in [5.74, 6) is 0. The molecule has 0 aliphatic carbocycles. The van der Waals surface area contributed by atoms with Crippen LogP contribution in [0.15, 0.2) is 126 Å². The zero-order chi connectivity index (χ0) is 22.9. The molecule has 4 heteroatoms. The van der Waals surface area contributed by atoms with Gasteiger partial charge < -0.3 is 9.40 Å². The zero-order valence-electron chi connectivity index (χ0n) is 19.0. The Hall–Kier alpha value is -3.59. The van der Waals surface area contributed by atoms with Crippen LogP contribution < -0.4 is 0 Å². The molecule has 0 spiro atoms. The third-order valence-corrected chi connectivity index (χ3v) is 4.30. The van der Waals surface area contributed by atoms with Crippen LogP contribution in [0.25, 0.3) is 33.2 Å². The van der Waals surface area contributed by atoms with Crippen LogP contribution in [-0.4, -0.2) is 9.97 Å². The van der Waals surface area contributed by atoms with Crippen molar-refractivity contribution in [1.29, 1.82) is 0 Å². The molecule has 0 saturated carbocycles. The molecule has 0 aliphatic heterocycles. The fourth-order valence-corrected chi connectivity index (χ4v) is 2.94. The van der Waals surface area contributed by atoms with Crippen LogP contribution in [0, 0.1) is 12.1 Å². The van der Waals surface area contributed by atoms with Gasteiger partial charge in [-0.15, -0.1) is 18.2 Å². The molecule has 3 aromatic heterocycles. The van der Waals surface area contributed by atoms with Crippen molar-refractivity contribution < 1.29 is 27.3 Å². The molecular weight excluding hydrogens is 573 g/mol. The van der Waals surface area contributed by atoms with Crippen molar-refractivity contribution in [1.82, 2.24) is 9.97 Å². The molecular formula is C28H20IrN2O-2. The molecule has 159 valence electrons. The maximum absolute atomic E-state index is 8.03. The van der Waals surface area contributed by atoms with Gasteiger partial charge in [-0.05, 0) is 30.0 Å².